The van der Waals surface area contributed by atoms with Crippen molar-refractivity contribution in [3.8, 4) is 16.9 Å². The summed E-state index contributed by atoms with van der Waals surface area (Å²) in [5, 5.41) is 7.61. The third kappa shape index (κ3) is 3.98. The van der Waals surface area contributed by atoms with Crippen LogP contribution in [0.1, 0.15) is 42.4 Å². The van der Waals surface area contributed by atoms with Gasteiger partial charge in [0.05, 0.1) is 11.4 Å². The van der Waals surface area contributed by atoms with Gasteiger partial charge in [0.2, 0.25) is 0 Å². The van der Waals surface area contributed by atoms with Crippen LogP contribution in [0.3, 0.4) is 0 Å². The second kappa shape index (κ2) is 7.97. The standard InChI is InChI=1S/C23H26FN3O/c1-14(2)17(5)25-23(28)22-13-20(18-8-6-7-9-19(18)24)26-27(22)21-11-10-15(3)12-16(21)4/h6-14,17H,1-5H3,(H,25,28)/t17-/m1/s1. The first-order valence-electron chi connectivity index (χ1n) is 9.51. The average Bonchev–Trinajstić information content (AvgIpc) is 3.06. The van der Waals surface area contributed by atoms with Crippen molar-refractivity contribution in [1.29, 1.82) is 0 Å². The monoisotopic (exact) mass is 379 g/mol. The number of nitrogens with zero attached hydrogens (tertiary/aromatic N) is 2. The van der Waals surface area contributed by atoms with Crippen LogP contribution in [0.5, 0.6) is 0 Å². The van der Waals surface area contributed by atoms with Crippen molar-refractivity contribution in [2.75, 3.05) is 0 Å². The molecule has 0 saturated heterocycles. The summed E-state index contributed by atoms with van der Waals surface area (Å²) in [5.74, 6) is -0.293. The molecule has 0 unspecified atom stereocenters. The summed E-state index contributed by atoms with van der Waals surface area (Å²) in [7, 11) is 0. The number of nitrogens with one attached hydrogen (secondary N) is 1. The van der Waals surface area contributed by atoms with Crippen molar-refractivity contribution in [2.45, 2.75) is 40.7 Å². The fourth-order valence-corrected chi connectivity index (χ4v) is 3.02. The molecule has 0 radical (unpaired) electrons. The van der Waals surface area contributed by atoms with Gasteiger partial charge in [0.1, 0.15) is 11.5 Å². The highest BCUT2D eigenvalue weighted by Crippen LogP contribution is 2.26. The Balaban J connectivity index is 2.13. The molecule has 28 heavy (non-hydrogen) atoms. The number of rotatable bonds is 5. The van der Waals surface area contributed by atoms with Crippen molar-refractivity contribution in [3.63, 3.8) is 0 Å². The van der Waals surface area contributed by atoms with Crippen LogP contribution in [-0.4, -0.2) is 21.7 Å². The van der Waals surface area contributed by atoms with Crippen LogP contribution >= 0.6 is 0 Å². The van der Waals surface area contributed by atoms with Crippen LogP contribution in [0.2, 0.25) is 0 Å². The molecule has 1 atom stereocenters. The number of carbonyl (C=O) groups excluding carboxylic acids is 1. The van der Waals surface area contributed by atoms with E-state index in [2.05, 4.69) is 24.3 Å². The minimum atomic E-state index is -0.365. The molecule has 1 aromatic heterocycles. The van der Waals surface area contributed by atoms with E-state index in [0.29, 0.717) is 22.9 Å². The Kier molecular flexibility index (Phi) is 5.63. The maximum Gasteiger partial charge on any atom is 0.270 e. The van der Waals surface area contributed by atoms with Gasteiger partial charge in [-0.05, 0) is 56.5 Å². The summed E-state index contributed by atoms with van der Waals surface area (Å²) >= 11 is 0. The average molecular weight is 379 g/mol. The van der Waals surface area contributed by atoms with E-state index < -0.39 is 0 Å². The topological polar surface area (TPSA) is 46.9 Å². The van der Waals surface area contributed by atoms with E-state index in [9.17, 15) is 9.18 Å². The molecule has 0 saturated carbocycles. The summed E-state index contributed by atoms with van der Waals surface area (Å²) in [6.45, 7) is 10.1. The first kappa shape index (κ1) is 19.8. The van der Waals surface area contributed by atoms with Crippen LogP contribution < -0.4 is 5.32 Å². The number of aryl methyl sites for hydroxylation is 2. The lowest BCUT2D eigenvalue weighted by molar-refractivity contribution is 0.0922. The van der Waals surface area contributed by atoms with Crippen molar-refractivity contribution >= 4 is 5.91 Å². The lowest BCUT2D eigenvalue weighted by Gasteiger charge is -2.18. The normalized spacial score (nSPS) is 12.2. The van der Waals surface area contributed by atoms with Gasteiger partial charge in [0, 0.05) is 11.6 Å². The molecular formula is C23H26FN3O. The van der Waals surface area contributed by atoms with Gasteiger partial charge in [-0.15, -0.1) is 0 Å². The van der Waals surface area contributed by atoms with E-state index >= 15 is 0 Å². The van der Waals surface area contributed by atoms with Crippen molar-refractivity contribution < 1.29 is 9.18 Å². The zero-order valence-corrected chi connectivity index (χ0v) is 17.0. The van der Waals surface area contributed by atoms with Gasteiger partial charge in [0.15, 0.2) is 0 Å². The number of aromatic nitrogens is 2. The fraction of sp³-hybridized carbons (Fsp3) is 0.304. The van der Waals surface area contributed by atoms with Crippen LogP contribution in [0.25, 0.3) is 16.9 Å². The number of hydrogen-bond acceptors (Lipinski definition) is 2. The molecule has 2 aromatic carbocycles. The summed E-state index contributed by atoms with van der Waals surface area (Å²) < 4.78 is 15.9. The molecule has 0 spiro atoms. The highest BCUT2D eigenvalue weighted by Gasteiger charge is 2.21. The van der Waals surface area contributed by atoms with Gasteiger partial charge in [-0.25, -0.2) is 9.07 Å². The molecule has 0 aliphatic rings. The van der Waals surface area contributed by atoms with Crippen molar-refractivity contribution in [1.82, 2.24) is 15.1 Å². The Labute approximate surface area is 165 Å². The zero-order chi connectivity index (χ0) is 20.4. The van der Waals surface area contributed by atoms with E-state index in [-0.39, 0.29) is 17.8 Å². The van der Waals surface area contributed by atoms with Crippen LogP contribution in [0.4, 0.5) is 4.39 Å². The van der Waals surface area contributed by atoms with Gasteiger partial charge < -0.3 is 5.32 Å². The number of hydrogen-bond donors (Lipinski definition) is 1. The zero-order valence-electron chi connectivity index (χ0n) is 17.0. The molecule has 146 valence electrons. The Bertz CT molecular complexity index is 1010. The Morgan fingerprint density at radius 3 is 2.43 bits per heavy atom. The minimum absolute atomic E-state index is 0.00637. The molecular weight excluding hydrogens is 353 g/mol. The van der Waals surface area contributed by atoms with Gasteiger partial charge >= 0.3 is 0 Å². The molecule has 0 aliphatic carbocycles. The third-order valence-corrected chi connectivity index (χ3v) is 5.03. The molecule has 1 amide bonds. The first-order chi connectivity index (χ1) is 13.3. The molecule has 3 rings (SSSR count). The molecule has 1 N–H and O–H groups in total. The maximum atomic E-state index is 14.3. The van der Waals surface area contributed by atoms with Gasteiger partial charge in [-0.3, -0.25) is 4.79 Å². The second-order valence-corrected chi connectivity index (χ2v) is 7.60. The molecule has 3 aromatic rings. The Morgan fingerprint density at radius 2 is 1.79 bits per heavy atom. The number of carbonyl (C=O) groups is 1. The summed E-state index contributed by atoms with van der Waals surface area (Å²) in [5.41, 5.74) is 4.11. The van der Waals surface area contributed by atoms with Gasteiger partial charge in [-0.2, -0.15) is 5.10 Å². The van der Waals surface area contributed by atoms with E-state index in [4.69, 9.17) is 0 Å². The highest BCUT2D eigenvalue weighted by molar-refractivity contribution is 5.94. The predicted octanol–water partition coefficient (Wildman–Crippen LogP) is 5.07. The van der Waals surface area contributed by atoms with Crippen molar-refractivity contribution in [3.05, 3.63) is 71.2 Å². The van der Waals surface area contributed by atoms with Crippen LogP contribution in [0.15, 0.2) is 48.5 Å². The third-order valence-electron chi connectivity index (χ3n) is 5.03. The van der Waals surface area contributed by atoms with E-state index in [1.54, 1.807) is 28.9 Å². The minimum Gasteiger partial charge on any atom is -0.348 e. The molecule has 0 bridgehead atoms. The predicted molar refractivity (Wildman–Crippen MR) is 110 cm³/mol. The summed E-state index contributed by atoms with van der Waals surface area (Å²) in [6.07, 6.45) is 0. The molecule has 0 fully saturated rings. The maximum absolute atomic E-state index is 14.3. The quantitative estimate of drug-likeness (QED) is 0.673. The van der Waals surface area contributed by atoms with Crippen LogP contribution in [0, 0.1) is 25.6 Å². The number of halogens is 1. The van der Waals surface area contributed by atoms with Gasteiger partial charge in [-0.1, -0.05) is 43.7 Å². The Morgan fingerprint density at radius 1 is 1.07 bits per heavy atom. The first-order valence-corrected chi connectivity index (χ1v) is 9.51. The Hall–Kier alpha value is -2.95. The van der Waals surface area contributed by atoms with E-state index in [1.807, 2.05) is 39.0 Å². The summed E-state index contributed by atoms with van der Waals surface area (Å²) in [4.78, 5) is 13.0. The second-order valence-electron chi connectivity index (χ2n) is 7.60. The van der Waals surface area contributed by atoms with Crippen LogP contribution in [-0.2, 0) is 0 Å². The fourth-order valence-electron chi connectivity index (χ4n) is 3.02. The smallest absolute Gasteiger partial charge is 0.270 e. The van der Waals surface area contributed by atoms with E-state index in [0.717, 1.165) is 16.8 Å². The lowest BCUT2D eigenvalue weighted by atomic mass is 10.1. The molecule has 1 heterocycles. The number of benzene rings is 2. The number of amides is 1. The molecule has 0 aliphatic heterocycles. The van der Waals surface area contributed by atoms with Crippen molar-refractivity contribution in [2.24, 2.45) is 5.92 Å². The highest BCUT2D eigenvalue weighted by atomic mass is 19.1. The lowest BCUT2D eigenvalue weighted by Crippen LogP contribution is -2.37. The summed E-state index contributed by atoms with van der Waals surface area (Å²) in [6, 6.07) is 14.1. The van der Waals surface area contributed by atoms with E-state index in [1.165, 1.54) is 6.07 Å². The van der Waals surface area contributed by atoms with Gasteiger partial charge in [0.25, 0.3) is 5.91 Å². The largest absolute Gasteiger partial charge is 0.348 e. The molecule has 4 nitrogen and oxygen atoms in total. The molecule has 5 heteroatoms. The SMILES string of the molecule is Cc1ccc(-n2nc(-c3ccccc3F)cc2C(=O)N[C@H](C)C(C)C)c(C)c1.